The molecule has 0 aliphatic heterocycles. The number of carboxylic acids is 1. The lowest BCUT2D eigenvalue weighted by Crippen LogP contribution is -2.26. The second kappa shape index (κ2) is 6.93. The number of aliphatic carboxylic acids is 1. The van der Waals surface area contributed by atoms with Crippen LogP contribution in [0, 0.1) is 0 Å². The van der Waals surface area contributed by atoms with Gasteiger partial charge in [-0.3, -0.25) is 9.59 Å². The van der Waals surface area contributed by atoms with Crippen LogP contribution in [0.25, 0.3) is 11.3 Å². The number of carboxylic acid groups (broad SMARTS) is 1. The van der Waals surface area contributed by atoms with Crippen molar-refractivity contribution in [2.75, 3.05) is 7.11 Å². The first kappa shape index (κ1) is 15.8. The number of aromatic nitrogens is 1. The molecule has 0 atom stereocenters. The minimum Gasteiger partial charge on any atom is -0.497 e. The zero-order chi connectivity index (χ0) is 16.1. The molecule has 5 nitrogen and oxygen atoms in total. The summed E-state index contributed by atoms with van der Waals surface area (Å²) < 4.78 is 6.85. The van der Waals surface area contributed by atoms with E-state index in [4.69, 9.17) is 9.84 Å². The fourth-order valence-corrected chi connectivity index (χ4v) is 2.40. The van der Waals surface area contributed by atoms with Crippen LogP contribution in [-0.2, 0) is 17.8 Å². The molecule has 0 fully saturated rings. The Labute approximate surface area is 128 Å². The van der Waals surface area contributed by atoms with Crippen molar-refractivity contribution in [3.63, 3.8) is 0 Å². The van der Waals surface area contributed by atoms with Gasteiger partial charge < -0.3 is 14.4 Å². The van der Waals surface area contributed by atoms with Gasteiger partial charge in [0.05, 0.1) is 19.2 Å². The predicted octanol–water partition coefficient (Wildman–Crippen LogP) is 2.56. The maximum atomic E-state index is 12.5. The first-order valence-corrected chi connectivity index (χ1v) is 7.15. The number of rotatable bonds is 6. The molecule has 116 valence electrons. The van der Waals surface area contributed by atoms with Crippen molar-refractivity contribution >= 4 is 5.97 Å². The summed E-state index contributed by atoms with van der Waals surface area (Å²) >= 11 is 0. The summed E-state index contributed by atoms with van der Waals surface area (Å²) in [5, 5.41) is 8.90. The monoisotopic (exact) mass is 301 g/mol. The van der Waals surface area contributed by atoms with Gasteiger partial charge in [-0.05, 0) is 24.6 Å². The normalized spacial score (nSPS) is 10.5. The highest BCUT2D eigenvalue weighted by Crippen LogP contribution is 2.23. The number of benzene rings is 1. The molecule has 0 unspecified atom stereocenters. The minimum atomic E-state index is -1.01. The van der Waals surface area contributed by atoms with Gasteiger partial charge in [0.25, 0.3) is 5.56 Å². The Hall–Kier alpha value is -2.56. The standard InChI is InChI=1S/C17H19NO4/c1-3-9-18-15(12-5-4-6-14(10-12)22-2)8-7-13(17(18)21)11-16(19)20/h4-8,10H,3,9,11H2,1-2H3,(H,19,20). The molecule has 0 aliphatic carbocycles. The molecular weight excluding hydrogens is 282 g/mol. The Balaban J connectivity index is 2.57. The molecule has 0 radical (unpaired) electrons. The van der Waals surface area contributed by atoms with Crippen LogP contribution in [0.4, 0.5) is 0 Å². The maximum absolute atomic E-state index is 12.5. The van der Waals surface area contributed by atoms with Gasteiger partial charge in [-0.2, -0.15) is 0 Å². The van der Waals surface area contributed by atoms with Crippen LogP contribution < -0.4 is 10.3 Å². The van der Waals surface area contributed by atoms with E-state index in [9.17, 15) is 9.59 Å². The molecule has 0 saturated heterocycles. The number of ether oxygens (including phenoxy) is 1. The number of nitrogens with zero attached hydrogens (tertiary/aromatic N) is 1. The van der Waals surface area contributed by atoms with Gasteiger partial charge in [-0.1, -0.05) is 25.1 Å². The van der Waals surface area contributed by atoms with Crippen LogP contribution in [0.15, 0.2) is 41.2 Å². The summed E-state index contributed by atoms with van der Waals surface area (Å²) in [4.78, 5) is 23.4. The van der Waals surface area contributed by atoms with Crippen molar-refractivity contribution in [3.05, 3.63) is 52.3 Å². The molecule has 0 saturated carbocycles. The SMILES string of the molecule is CCCn1c(-c2cccc(OC)c2)ccc(CC(=O)O)c1=O. The Kier molecular flexibility index (Phi) is 4.99. The van der Waals surface area contributed by atoms with E-state index in [1.807, 2.05) is 31.2 Å². The molecule has 1 aromatic heterocycles. The zero-order valence-corrected chi connectivity index (χ0v) is 12.7. The lowest BCUT2D eigenvalue weighted by molar-refractivity contribution is -0.136. The number of hydrogen-bond donors (Lipinski definition) is 1. The van der Waals surface area contributed by atoms with Crippen LogP contribution in [0.2, 0.25) is 0 Å². The molecule has 2 aromatic rings. The smallest absolute Gasteiger partial charge is 0.308 e. The van der Waals surface area contributed by atoms with Gasteiger partial charge in [-0.15, -0.1) is 0 Å². The van der Waals surface area contributed by atoms with Crippen molar-refractivity contribution in [2.45, 2.75) is 26.3 Å². The number of carbonyl (C=O) groups is 1. The van der Waals surface area contributed by atoms with Gasteiger partial charge in [0.15, 0.2) is 0 Å². The van der Waals surface area contributed by atoms with E-state index in [2.05, 4.69) is 0 Å². The van der Waals surface area contributed by atoms with Crippen molar-refractivity contribution < 1.29 is 14.6 Å². The Morgan fingerprint density at radius 2 is 2.05 bits per heavy atom. The molecule has 1 N–H and O–H groups in total. The fourth-order valence-electron chi connectivity index (χ4n) is 2.40. The van der Waals surface area contributed by atoms with E-state index in [-0.39, 0.29) is 12.0 Å². The average Bonchev–Trinajstić information content (AvgIpc) is 2.51. The highest BCUT2D eigenvalue weighted by atomic mass is 16.5. The molecule has 5 heteroatoms. The lowest BCUT2D eigenvalue weighted by atomic mass is 10.1. The second-order valence-electron chi connectivity index (χ2n) is 5.00. The Morgan fingerprint density at radius 1 is 1.27 bits per heavy atom. The molecule has 0 spiro atoms. The van der Waals surface area contributed by atoms with Crippen molar-refractivity contribution in [1.82, 2.24) is 4.57 Å². The van der Waals surface area contributed by atoms with Gasteiger partial charge in [0, 0.05) is 17.7 Å². The van der Waals surface area contributed by atoms with E-state index < -0.39 is 5.97 Å². The van der Waals surface area contributed by atoms with Crippen molar-refractivity contribution in [2.24, 2.45) is 0 Å². The third kappa shape index (κ3) is 3.36. The Morgan fingerprint density at radius 3 is 2.68 bits per heavy atom. The van der Waals surface area contributed by atoms with Crippen LogP contribution in [0.5, 0.6) is 5.75 Å². The van der Waals surface area contributed by atoms with Crippen LogP contribution in [-0.4, -0.2) is 22.8 Å². The summed E-state index contributed by atoms with van der Waals surface area (Å²) in [6.45, 7) is 2.52. The molecule has 1 aromatic carbocycles. The van der Waals surface area contributed by atoms with E-state index in [0.29, 0.717) is 17.9 Å². The van der Waals surface area contributed by atoms with E-state index in [0.717, 1.165) is 17.7 Å². The number of pyridine rings is 1. The quantitative estimate of drug-likeness (QED) is 0.890. The minimum absolute atomic E-state index is 0.246. The summed E-state index contributed by atoms with van der Waals surface area (Å²) in [6.07, 6.45) is 0.522. The molecule has 0 bridgehead atoms. The highest BCUT2D eigenvalue weighted by Gasteiger charge is 2.12. The summed E-state index contributed by atoms with van der Waals surface area (Å²) in [6, 6.07) is 10.9. The van der Waals surface area contributed by atoms with Crippen molar-refractivity contribution in [3.8, 4) is 17.0 Å². The maximum Gasteiger partial charge on any atom is 0.308 e. The molecule has 0 aliphatic rings. The lowest BCUT2D eigenvalue weighted by Gasteiger charge is -2.14. The predicted molar refractivity (Wildman–Crippen MR) is 84.3 cm³/mol. The zero-order valence-electron chi connectivity index (χ0n) is 12.7. The van der Waals surface area contributed by atoms with Crippen LogP contribution in [0.1, 0.15) is 18.9 Å². The van der Waals surface area contributed by atoms with E-state index >= 15 is 0 Å². The molecule has 1 heterocycles. The molecule has 22 heavy (non-hydrogen) atoms. The molecule has 0 amide bonds. The average molecular weight is 301 g/mol. The van der Waals surface area contributed by atoms with Gasteiger partial charge in [0.1, 0.15) is 5.75 Å². The van der Waals surface area contributed by atoms with Gasteiger partial charge in [0.2, 0.25) is 0 Å². The van der Waals surface area contributed by atoms with Gasteiger partial charge >= 0.3 is 5.97 Å². The highest BCUT2D eigenvalue weighted by molar-refractivity contribution is 5.70. The summed E-state index contributed by atoms with van der Waals surface area (Å²) in [7, 11) is 1.59. The topological polar surface area (TPSA) is 68.5 Å². The first-order chi connectivity index (χ1) is 10.6. The van der Waals surface area contributed by atoms with Gasteiger partial charge in [-0.25, -0.2) is 0 Å². The summed E-state index contributed by atoms with van der Waals surface area (Å²) in [5.74, 6) is -0.295. The van der Waals surface area contributed by atoms with Crippen molar-refractivity contribution in [1.29, 1.82) is 0 Å². The first-order valence-electron chi connectivity index (χ1n) is 7.15. The number of methoxy groups -OCH3 is 1. The Bertz CT molecular complexity index is 734. The van der Waals surface area contributed by atoms with E-state index in [1.54, 1.807) is 23.8 Å². The second-order valence-corrected chi connectivity index (χ2v) is 5.00. The summed E-state index contributed by atoms with van der Waals surface area (Å²) in [5.41, 5.74) is 1.68. The third-order valence-electron chi connectivity index (χ3n) is 3.41. The third-order valence-corrected chi connectivity index (χ3v) is 3.41. The fraction of sp³-hybridized carbons (Fsp3) is 0.294. The molecular formula is C17H19NO4. The van der Waals surface area contributed by atoms with Crippen LogP contribution in [0.3, 0.4) is 0 Å². The largest absolute Gasteiger partial charge is 0.497 e. The molecule has 2 rings (SSSR count). The number of hydrogen-bond acceptors (Lipinski definition) is 3. The van der Waals surface area contributed by atoms with E-state index in [1.165, 1.54) is 0 Å². The van der Waals surface area contributed by atoms with Crippen LogP contribution >= 0.6 is 0 Å².